The van der Waals surface area contributed by atoms with Crippen molar-refractivity contribution in [3.8, 4) is 5.75 Å². The van der Waals surface area contributed by atoms with Crippen LogP contribution in [0.4, 0.5) is 16.2 Å². The van der Waals surface area contributed by atoms with E-state index in [0.29, 0.717) is 34.4 Å². The van der Waals surface area contributed by atoms with Crippen molar-refractivity contribution >= 4 is 40.7 Å². The van der Waals surface area contributed by atoms with Gasteiger partial charge in [0.15, 0.2) is 5.11 Å². The van der Waals surface area contributed by atoms with Gasteiger partial charge >= 0.3 is 12.0 Å². The van der Waals surface area contributed by atoms with Gasteiger partial charge in [0.25, 0.3) is 0 Å². The average molecular weight is 483 g/mol. The highest BCUT2D eigenvalue weighted by molar-refractivity contribution is 7.80. The Morgan fingerprint density at radius 2 is 1.79 bits per heavy atom. The lowest BCUT2D eigenvalue weighted by Gasteiger charge is -2.35. The smallest absolute Gasteiger partial charge is 0.338 e. The van der Waals surface area contributed by atoms with E-state index in [4.69, 9.17) is 21.7 Å². The van der Waals surface area contributed by atoms with Gasteiger partial charge in [-0.1, -0.05) is 32.0 Å². The molecule has 0 aromatic heterocycles. The van der Waals surface area contributed by atoms with Crippen LogP contribution in [-0.2, 0) is 9.53 Å². The van der Waals surface area contributed by atoms with Crippen LogP contribution in [0.2, 0.25) is 0 Å². The number of nitrogens with zero attached hydrogens (tertiary/aromatic N) is 1. The lowest BCUT2D eigenvalue weighted by Crippen LogP contribution is -2.46. The predicted octanol–water partition coefficient (Wildman–Crippen LogP) is 4.67. The molecule has 0 saturated carbocycles. The molecule has 180 valence electrons. The summed E-state index contributed by atoms with van der Waals surface area (Å²) >= 11 is 5.45. The van der Waals surface area contributed by atoms with Crippen molar-refractivity contribution in [1.29, 1.82) is 0 Å². The second-order valence-electron chi connectivity index (χ2n) is 8.37. The van der Waals surface area contributed by atoms with Gasteiger partial charge in [-0.15, -0.1) is 0 Å². The van der Waals surface area contributed by atoms with Crippen LogP contribution in [0.3, 0.4) is 0 Å². The summed E-state index contributed by atoms with van der Waals surface area (Å²) < 4.78 is 10.7. The van der Waals surface area contributed by atoms with E-state index >= 15 is 0 Å². The average Bonchev–Trinajstić information content (AvgIpc) is 2.81. The van der Waals surface area contributed by atoms with Crippen LogP contribution in [0.15, 0.2) is 59.8 Å². The Kier molecular flexibility index (Phi) is 8.12. The van der Waals surface area contributed by atoms with Crippen LogP contribution >= 0.6 is 12.2 Å². The summed E-state index contributed by atoms with van der Waals surface area (Å²) in [6.07, 6.45) is 0. The van der Waals surface area contributed by atoms with Gasteiger partial charge in [-0.25, -0.2) is 9.59 Å². The molecule has 0 fully saturated rings. The third-order valence-corrected chi connectivity index (χ3v) is 5.74. The number of benzene rings is 2. The van der Waals surface area contributed by atoms with E-state index < -0.39 is 6.04 Å². The van der Waals surface area contributed by atoms with Crippen molar-refractivity contribution in [3.05, 3.63) is 65.4 Å². The number of hydrogen-bond acceptors (Lipinski definition) is 5. The maximum atomic E-state index is 12.9. The van der Waals surface area contributed by atoms with Crippen LogP contribution in [-0.4, -0.2) is 42.8 Å². The molecule has 0 aliphatic carbocycles. The standard InChI is InChI=1S/C25H30N4O4S/c1-15(2)14-33-23(30)21-16(3)29(4)25(34)28-22(21)17-9-11-18(12-10-17)26-24(31)27-19-7-6-8-20(13-19)32-5/h6-13,15,22H,14H2,1-5H3,(H,28,34)(H2,26,27,31). The number of esters is 1. The van der Waals surface area contributed by atoms with Gasteiger partial charge in [-0.2, -0.15) is 0 Å². The Labute approximate surface area is 205 Å². The highest BCUT2D eigenvalue weighted by Crippen LogP contribution is 2.31. The number of allylic oxidation sites excluding steroid dienone is 1. The summed E-state index contributed by atoms with van der Waals surface area (Å²) in [6.45, 7) is 6.16. The Morgan fingerprint density at radius 3 is 2.44 bits per heavy atom. The van der Waals surface area contributed by atoms with Crippen molar-refractivity contribution in [2.45, 2.75) is 26.8 Å². The molecular formula is C25H30N4O4S. The lowest BCUT2D eigenvalue weighted by atomic mass is 9.95. The lowest BCUT2D eigenvalue weighted by molar-refractivity contribution is -0.140. The number of carbonyl (C=O) groups excluding carboxylic acids is 2. The van der Waals surface area contributed by atoms with E-state index in [2.05, 4.69) is 16.0 Å². The molecule has 8 nitrogen and oxygen atoms in total. The first-order valence-corrected chi connectivity index (χ1v) is 11.3. The highest BCUT2D eigenvalue weighted by Gasteiger charge is 2.33. The number of rotatable bonds is 7. The quantitative estimate of drug-likeness (QED) is 0.390. The highest BCUT2D eigenvalue weighted by atomic mass is 32.1. The molecule has 0 radical (unpaired) electrons. The third-order valence-electron chi connectivity index (χ3n) is 5.35. The molecule has 2 aromatic rings. The van der Waals surface area contributed by atoms with Crippen molar-refractivity contribution < 1.29 is 19.1 Å². The van der Waals surface area contributed by atoms with Crippen LogP contribution in [0.1, 0.15) is 32.4 Å². The van der Waals surface area contributed by atoms with Crippen LogP contribution in [0.25, 0.3) is 0 Å². The Morgan fingerprint density at radius 1 is 1.12 bits per heavy atom. The minimum atomic E-state index is -0.456. The van der Waals surface area contributed by atoms with Gasteiger partial charge in [-0.05, 0) is 54.9 Å². The molecule has 2 amide bonds. The van der Waals surface area contributed by atoms with Gasteiger partial charge in [0.05, 0.1) is 25.3 Å². The molecule has 0 saturated heterocycles. The number of hydrogen-bond donors (Lipinski definition) is 3. The van der Waals surface area contributed by atoms with Crippen molar-refractivity contribution in [1.82, 2.24) is 10.2 Å². The van der Waals surface area contributed by atoms with Crippen LogP contribution < -0.4 is 20.7 Å². The molecule has 1 unspecified atom stereocenters. The van der Waals surface area contributed by atoms with Crippen LogP contribution in [0.5, 0.6) is 5.75 Å². The van der Waals surface area contributed by atoms with E-state index in [1.165, 1.54) is 0 Å². The van der Waals surface area contributed by atoms with Crippen molar-refractivity contribution in [3.63, 3.8) is 0 Å². The van der Waals surface area contributed by atoms with Gasteiger partial charge in [0.2, 0.25) is 0 Å². The zero-order valence-corrected chi connectivity index (χ0v) is 20.8. The Balaban J connectivity index is 1.75. The van der Waals surface area contributed by atoms with Crippen LogP contribution in [0, 0.1) is 5.92 Å². The molecule has 3 rings (SSSR count). The number of thiocarbonyl (C=S) groups is 1. The van der Waals surface area contributed by atoms with E-state index in [9.17, 15) is 9.59 Å². The summed E-state index contributed by atoms with van der Waals surface area (Å²) in [5.74, 6) is 0.502. The fourth-order valence-corrected chi connectivity index (χ4v) is 3.68. The predicted molar refractivity (Wildman–Crippen MR) is 137 cm³/mol. The zero-order valence-electron chi connectivity index (χ0n) is 20.0. The second kappa shape index (κ2) is 11.0. The minimum Gasteiger partial charge on any atom is -0.497 e. The first-order chi connectivity index (χ1) is 16.2. The number of urea groups is 1. The number of ether oxygens (including phenoxy) is 2. The van der Waals surface area contributed by atoms with E-state index in [1.807, 2.05) is 40.0 Å². The zero-order chi connectivity index (χ0) is 24.8. The third kappa shape index (κ3) is 6.05. The molecule has 1 atom stereocenters. The first-order valence-electron chi connectivity index (χ1n) is 10.9. The van der Waals surface area contributed by atoms with E-state index in [0.717, 1.165) is 11.3 Å². The molecule has 1 aliphatic rings. The second-order valence-corrected chi connectivity index (χ2v) is 8.75. The molecule has 0 spiro atoms. The molecule has 34 heavy (non-hydrogen) atoms. The molecule has 1 heterocycles. The number of nitrogens with one attached hydrogen (secondary N) is 3. The summed E-state index contributed by atoms with van der Waals surface area (Å²) in [4.78, 5) is 27.1. The molecule has 0 bridgehead atoms. The van der Waals surface area contributed by atoms with E-state index in [1.54, 1.807) is 48.4 Å². The fraction of sp³-hybridized carbons (Fsp3) is 0.320. The number of anilines is 2. The number of methoxy groups -OCH3 is 1. The first kappa shape index (κ1) is 25.0. The van der Waals surface area contributed by atoms with Crippen molar-refractivity contribution in [2.24, 2.45) is 5.92 Å². The fourth-order valence-electron chi connectivity index (χ4n) is 3.42. The summed E-state index contributed by atoms with van der Waals surface area (Å²) in [5.41, 5.74) is 3.28. The van der Waals surface area contributed by atoms with E-state index in [-0.39, 0.29) is 17.9 Å². The molecule has 9 heteroatoms. The normalized spacial score (nSPS) is 15.6. The van der Waals surface area contributed by atoms with Crippen molar-refractivity contribution in [2.75, 3.05) is 31.4 Å². The molecule has 1 aliphatic heterocycles. The van der Waals surface area contributed by atoms with Gasteiger partial charge in [0, 0.05) is 30.2 Å². The molecule has 3 N–H and O–H groups in total. The SMILES string of the molecule is COc1cccc(NC(=O)Nc2ccc(C3NC(=S)N(C)C(C)=C3C(=O)OCC(C)C)cc2)c1. The largest absolute Gasteiger partial charge is 0.497 e. The maximum absolute atomic E-state index is 12.9. The molecule has 2 aromatic carbocycles. The Hall–Kier alpha value is -3.59. The van der Waals surface area contributed by atoms with Gasteiger partial charge in [-0.3, -0.25) is 0 Å². The number of amides is 2. The Bertz CT molecular complexity index is 1100. The number of carbonyl (C=O) groups is 2. The molecular weight excluding hydrogens is 452 g/mol. The van der Waals surface area contributed by atoms with Gasteiger partial charge in [0.1, 0.15) is 5.75 Å². The summed E-state index contributed by atoms with van der Waals surface area (Å²) in [7, 11) is 3.38. The topological polar surface area (TPSA) is 91.9 Å². The summed E-state index contributed by atoms with van der Waals surface area (Å²) in [5, 5.41) is 9.31. The van der Waals surface area contributed by atoms with Gasteiger partial charge < -0.3 is 30.3 Å². The minimum absolute atomic E-state index is 0.229. The monoisotopic (exact) mass is 482 g/mol. The summed E-state index contributed by atoms with van der Waals surface area (Å²) in [6, 6.07) is 13.5. The maximum Gasteiger partial charge on any atom is 0.338 e.